The van der Waals surface area contributed by atoms with Gasteiger partial charge in [0, 0.05) is 10.6 Å². The van der Waals surface area contributed by atoms with Crippen LogP contribution < -0.4 is 4.74 Å². The molecule has 2 rings (SSSR count). The lowest BCUT2D eigenvalue weighted by molar-refractivity contribution is 0.305. The van der Waals surface area contributed by atoms with Gasteiger partial charge in [0.1, 0.15) is 18.2 Å². The first-order chi connectivity index (χ1) is 8.69. The van der Waals surface area contributed by atoms with Gasteiger partial charge in [0.15, 0.2) is 0 Å². The van der Waals surface area contributed by atoms with Crippen molar-refractivity contribution in [1.82, 2.24) is 0 Å². The van der Waals surface area contributed by atoms with Crippen molar-refractivity contribution in [3.8, 4) is 11.8 Å². The molecular weight excluding hydrogens is 253 g/mol. The minimum atomic E-state index is -0.385. The first-order valence-electron chi connectivity index (χ1n) is 5.26. The monoisotopic (exact) mass is 261 g/mol. The van der Waals surface area contributed by atoms with Gasteiger partial charge in [0.2, 0.25) is 0 Å². The second-order valence-electron chi connectivity index (χ2n) is 3.66. The zero-order valence-electron chi connectivity index (χ0n) is 9.36. The van der Waals surface area contributed by atoms with E-state index in [1.165, 1.54) is 18.2 Å². The van der Waals surface area contributed by atoms with Crippen LogP contribution in [0.1, 0.15) is 11.1 Å². The van der Waals surface area contributed by atoms with Crippen LogP contribution >= 0.6 is 11.6 Å². The van der Waals surface area contributed by atoms with Gasteiger partial charge in [-0.1, -0.05) is 11.6 Å². The Morgan fingerprint density at radius 3 is 2.56 bits per heavy atom. The highest BCUT2D eigenvalue weighted by Crippen LogP contribution is 2.18. The van der Waals surface area contributed by atoms with Crippen LogP contribution in [0.2, 0.25) is 5.02 Å². The second-order valence-corrected chi connectivity index (χ2v) is 4.09. The summed E-state index contributed by atoms with van der Waals surface area (Å²) in [6.45, 7) is 0.141. The lowest BCUT2D eigenvalue weighted by atomic mass is 10.1. The van der Waals surface area contributed by atoms with Gasteiger partial charge in [-0.05, 0) is 42.5 Å². The molecule has 0 saturated heterocycles. The van der Waals surface area contributed by atoms with E-state index in [1.807, 2.05) is 6.07 Å². The average Bonchev–Trinajstić information content (AvgIpc) is 2.38. The molecule has 0 spiro atoms. The summed E-state index contributed by atoms with van der Waals surface area (Å²) >= 11 is 5.75. The highest BCUT2D eigenvalue weighted by Gasteiger charge is 2.04. The number of nitriles is 1. The number of halogens is 2. The van der Waals surface area contributed by atoms with Crippen LogP contribution in [-0.2, 0) is 6.61 Å². The molecule has 0 fully saturated rings. The molecule has 0 saturated carbocycles. The molecule has 0 radical (unpaired) electrons. The Labute approximate surface area is 109 Å². The molecule has 2 aromatic rings. The van der Waals surface area contributed by atoms with Crippen molar-refractivity contribution in [1.29, 1.82) is 5.26 Å². The smallest absolute Gasteiger partial charge is 0.123 e. The summed E-state index contributed by atoms with van der Waals surface area (Å²) < 4.78 is 18.5. The predicted octanol–water partition coefficient (Wildman–Crippen LogP) is 3.93. The Balaban J connectivity index is 2.13. The molecule has 90 valence electrons. The normalized spacial score (nSPS) is 9.83. The van der Waals surface area contributed by atoms with Gasteiger partial charge in [0.25, 0.3) is 0 Å². The molecule has 4 heteroatoms. The minimum Gasteiger partial charge on any atom is -0.489 e. The van der Waals surface area contributed by atoms with E-state index in [0.29, 0.717) is 21.9 Å². The van der Waals surface area contributed by atoms with Crippen molar-refractivity contribution < 1.29 is 9.13 Å². The molecule has 2 nitrogen and oxygen atoms in total. The fourth-order valence-corrected chi connectivity index (χ4v) is 1.61. The average molecular weight is 262 g/mol. The van der Waals surface area contributed by atoms with Crippen LogP contribution in [0.25, 0.3) is 0 Å². The number of hydrogen-bond acceptors (Lipinski definition) is 2. The molecule has 0 aromatic heterocycles. The molecule has 0 aliphatic carbocycles. The maximum absolute atomic E-state index is 13.1. The molecule has 0 unspecified atom stereocenters. The van der Waals surface area contributed by atoms with Crippen LogP contribution in [0, 0.1) is 17.1 Å². The van der Waals surface area contributed by atoms with Crippen molar-refractivity contribution in [2.24, 2.45) is 0 Å². The van der Waals surface area contributed by atoms with Crippen molar-refractivity contribution in [2.75, 3.05) is 0 Å². The third-order valence-electron chi connectivity index (χ3n) is 2.40. The van der Waals surface area contributed by atoms with E-state index in [1.54, 1.807) is 24.3 Å². The predicted molar refractivity (Wildman–Crippen MR) is 66.9 cm³/mol. The van der Waals surface area contributed by atoms with Gasteiger partial charge in [-0.15, -0.1) is 0 Å². The number of hydrogen-bond donors (Lipinski definition) is 0. The third kappa shape index (κ3) is 2.99. The molecule has 0 aliphatic heterocycles. The lowest BCUT2D eigenvalue weighted by Gasteiger charge is -2.07. The van der Waals surface area contributed by atoms with E-state index >= 15 is 0 Å². The summed E-state index contributed by atoms with van der Waals surface area (Å²) in [6.07, 6.45) is 0. The molecule has 18 heavy (non-hydrogen) atoms. The van der Waals surface area contributed by atoms with Gasteiger partial charge in [-0.25, -0.2) is 4.39 Å². The molecule has 0 atom stereocenters. The van der Waals surface area contributed by atoms with Gasteiger partial charge in [0.05, 0.1) is 11.6 Å². The largest absolute Gasteiger partial charge is 0.489 e. The Hall–Kier alpha value is -2.05. The van der Waals surface area contributed by atoms with E-state index in [4.69, 9.17) is 21.6 Å². The van der Waals surface area contributed by atoms with Crippen molar-refractivity contribution in [3.63, 3.8) is 0 Å². The van der Waals surface area contributed by atoms with Gasteiger partial charge < -0.3 is 4.74 Å². The van der Waals surface area contributed by atoms with Crippen LogP contribution in [0.4, 0.5) is 4.39 Å². The number of ether oxygens (including phenoxy) is 1. The maximum atomic E-state index is 13.1. The van der Waals surface area contributed by atoms with Gasteiger partial charge in [-0.2, -0.15) is 5.26 Å². The molecule has 0 heterocycles. The minimum absolute atomic E-state index is 0.141. The Kier molecular flexibility index (Phi) is 3.81. The van der Waals surface area contributed by atoms with E-state index in [-0.39, 0.29) is 12.4 Å². The Bertz CT molecular complexity index is 590. The molecule has 0 aliphatic rings. The maximum Gasteiger partial charge on any atom is 0.123 e. The summed E-state index contributed by atoms with van der Waals surface area (Å²) in [5.74, 6) is 0.233. The van der Waals surface area contributed by atoms with Crippen LogP contribution in [0.5, 0.6) is 5.75 Å². The quantitative estimate of drug-likeness (QED) is 0.839. The Morgan fingerprint density at radius 2 is 1.89 bits per heavy atom. The zero-order valence-corrected chi connectivity index (χ0v) is 10.1. The van der Waals surface area contributed by atoms with Crippen LogP contribution in [0.15, 0.2) is 42.5 Å². The fraction of sp³-hybridized carbons (Fsp3) is 0.0714. The van der Waals surface area contributed by atoms with Gasteiger partial charge in [-0.3, -0.25) is 0 Å². The molecule has 0 N–H and O–H groups in total. The number of rotatable bonds is 3. The topological polar surface area (TPSA) is 33.0 Å². The fourth-order valence-electron chi connectivity index (χ4n) is 1.48. The summed E-state index contributed by atoms with van der Waals surface area (Å²) in [5, 5.41) is 9.51. The zero-order chi connectivity index (χ0) is 13.0. The SMILES string of the molecule is N#Cc1ccc(F)cc1COc1ccc(Cl)cc1. The van der Waals surface area contributed by atoms with Crippen molar-refractivity contribution in [3.05, 3.63) is 64.4 Å². The summed E-state index contributed by atoms with van der Waals surface area (Å²) in [6, 6.07) is 12.8. The number of benzene rings is 2. The molecular formula is C14H9ClFNO. The van der Waals surface area contributed by atoms with Crippen molar-refractivity contribution >= 4 is 11.6 Å². The standard InChI is InChI=1S/C14H9ClFNO/c15-12-2-5-14(6-3-12)18-9-11-7-13(16)4-1-10(11)8-17/h1-7H,9H2. The first kappa shape index (κ1) is 12.4. The number of nitrogens with zero attached hydrogens (tertiary/aromatic N) is 1. The Morgan fingerprint density at radius 1 is 1.17 bits per heavy atom. The molecule has 2 aromatic carbocycles. The summed E-state index contributed by atoms with van der Waals surface area (Å²) in [5.41, 5.74) is 0.929. The highest BCUT2D eigenvalue weighted by molar-refractivity contribution is 6.30. The second kappa shape index (κ2) is 5.52. The van der Waals surface area contributed by atoms with Crippen molar-refractivity contribution in [2.45, 2.75) is 6.61 Å². The van der Waals surface area contributed by atoms with E-state index in [9.17, 15) is 4.39 Å². The summed E-state index contributed by atoms with van der Waals surface area (Å²) in [7, 11) is 0. The lowest BCUT2D eigenvalue weighted by Crippen LogP contribution is -1.99. The third-order valence-corrected chi connectivity index (χ3v) is 2.65. The summed E-state index contributed by atoms with van der Waals surface area (Å²) in [4.78, 5) is 0. The van der Waals surface area contributed by atoms with E-state index in [0.717, 1.165) is 0 Å². The molecule has 0 amide bonds. The van der Waals surface area contributed by atoms with Crippen LogP contribution in [0.3, 0.4) is 0 Å². The first-order valence-corrected chi connectivity index (χ1v) is 5.64. The van der Waals surface area contributed by atoms with Gasteiger partial charge >= 0.3 is 0 Å². The van der Waals surface area contributed by atoms with E-state index in [2.05, 4.69) is 0 Å². The van der Waals surface area contributed by atoms with E-state index < -0.39 is 0 Å². The highest BCUT2D eigenvalue weighted by atomic mass is 35.5. The molecule has 0 bridgehead atoms. The van der Waals surface area contributed by atoms with Crippen LogP contribution in [-0.4, -0.2) is 0 Å².